The standard InChI is InChI=1S/C26H20ClN3O4/c1-33-25(32)26(15-28)21(20-7-4-14-34-20)22(24(31)29-18-10-8-17(27)9-11-18)30-13-12-16-5-2-3-6-19(16)23(26)30/h2-14,21-23H,1H3,(H,29,31)/t21-,22+,23-,26-/m0/s1. The van der Waals surface area contributed by atoms with Gasteiger partial charge in [-0.3, -0.25) is 9.59 Å². The molecule has 2 aromatic carbocycles. The normalized spacial score (nSPS) is 24.6. The molecule has 34 heavy (non-hydrogen) atoms. The van der Waals surface area contributed by atoms with E-state index in [0.717, 1.165) is 11.1 Å². The summed E-state index contributed by atoms with van der Waals surface area (Å²) in [7, 11) is 1.25. The van der Waals surface area contributed by atoms with Gasteiger partial charge in [0.15, 0.2) is 5.41 Å². The van der Waals surface area contributed by atoms with Gasteiger partial charge in [-0.05, 0) is 53.6 Å². The molecule has 0 unspecified atom stereocenters. The summed E-state index contributed by atoms with van der Waals surface area (Å²) in [6.07, 6.45) is 5.10. The van der Waals surface area contributed by atoms with Gasteiger partial charge in [-0.25, -0.2) is 0 Å². The van der Waals surface area contributed by atoms with Crippen LogP contribution in [0.4, 0.5) is 5.69 Å². The van der Waals surface area contributed by atoms with Crippen molar-refractivity contribution in [1.82, 2.24) is 4.90 Å². The highest BCUT2D eigenvalue weighted by atomic mass is 35.5. The Balaban J connectivity index is 1.70. The fourth-order valence-corrected chi connectivity index (χ4v) is 5.24. The minimum atomic E-state index is -1.74. The monoisotopic (exact) mass is 473 g/mol. The summed E-state index contributed by atoms with van der Waals surface area (Å²) in [6, 6.07) is 18.1. The van der Waals surface area contributed by atoms with Crippen LogP contribution in [0.25, 0.3) is 6.08 Å². The molecule has 8 heteroatoms. The Kier molecular flexibility index (Phi) is 5.39. The van der Waals surface area contributed by atoms with Crippen molar-refractivity contribution in [3.8, 4) is 6.07 Å². The third kappa shape index (κ3) is 3.18. The number of benzene rings is 2. The Hall–Kier alpha value is -4.02. The maximum atomic E-state index is 13.8. The van der Waals surface area contributed by atoms with Crippen LogP contribution in [-0.4, -0.2) is 29.9 Å². The summed E-state index contributed by atoms with van der Waals surface area (Å²) in [5.74, 6) is -1.70. The van der Waals surface area contributed by atoms with Crippen LogP contribution in [0.1, 0.15) is 28.8 Å². The molecule has 0 spiro atoms. The topological polar surface area (TPSA) is 95.6 Å². The van der Waals surface area contributed by atoms with Gasteiger partial charge in [0.25, 0.3) is 0 Å². The van der Waals surface area contributed by atoms with E-state index in [4.69, 9.17) is 20.8 Å². The molecule has 170 valence electrons. The fourth-order valence-electron chi connectivity index (χ4n) is 5.12. The van der Waals surface area contributed by atoms with Crippen molar-refractivity contribution in [2.45, 2.75) is 18.0 Å². The minimum absolute atomic E-state index is 0.350. The van der Waals surface area contributed by atoms with Crippen molar-refractivity contribution in [3.63, 3.8) is 0 Å². The minimum Gasteiger partial charge on any atom is -0.469 e. The molecule has 1 saturated heterocycles. The van der Waals surface area contributed by atoms with Crippen LogP contribution in [0.2, 0.25) is 5.02 Å². The number of halogens is 1. The largest absolute Gasteiger partial charge is 0.469 e. The number of carbonyl (C=O) groups is 2. The highest BCUT2D eigenvalue weighted by Gasteiger charge is 2.68. The molecule has 7 nitrogen and oxygen atoms in total. The van der Waals surface area contributed by atoms with Crippen molar-refractivity contribution in [3.05, 3.63) is 95.0 Å². The molecule has 4 atom stereocenters. The first kappa shape index (κ1) is 21.8. The predicted molar refractivity (Wildman–Crippen MR) is 125 cm³/mol. The van der Waals surface area contributed by atoms with Crippen molar-refractivity contribution >= 4 is 35.2 Å². The predicted octanol–water partition coefficient (Wildman–Crippen LogP) is 4.75. The molecule has 3 aromatic rings. The van der Waals surface area contributed by atoms with E-state index in [2.05, 4.69) is 11.4 Å². The average molecular weight is 474 g/mol. The van der Waals surface area contributed by atoms with E-state index >= 15 is 0 Å². The van der Waals surface area contributed by atoms with Crippen LogP contribution in [0.3, 0.4) is 0 Å². The fraction of sp³-hybridized carbons (Fsp3) is 0.192. The Morgan fingerprint density at radius 3 is 2.59 bits per heavy atom. The highest BCUT2D eigenvalue weighted by molar-refractivity contribution is 6.30. The van der Waals surface area contributed by atoms with E-state index in [0.29, 0.717) is 16.5 Å². The second-order valence-electron chi connectivity index (χ2n) is 8.20. The third-order valence-corrected chi connectivity index (χ3v) is 6.76. The van der Waals surface area contributed by atoms with E-state index in [9.17, 15) is 14.9 Å². The Bertz CT molecular complexity index is 1310. The van der Waals surface area contributed by atoms with Gasteiger partial charge in [0.2, 0.25) is 5.91 Å². The van der Waals surface area contributed by atoms with Gasteiger partial charge < -0.3 is 19.4 Å². The van der Waals surface area contributed by atoms with Crippen LogP contribution < -0.4 is 5.32 Å². The summed E-state index contributed by atoms with van der Waals surface area (Å²) < 4.78 is 10.9. The number of nitrogens with zero attached hydrogens (tertiary/aromatic N) is 2. The molecular weight excluding hydrogens is 454 g/mol. The molecule has 0 radical (unpaired) electrons. The van der Waals surface area contributed by atoms with Crippen LogP contribution in [0, 0.1) is 16.7 Å². The number of methoxy groups -OCH3 is 1. The highest BCUT2D eigenvalue weighted by Crippen LogP contribution is 2.60. The van der Waals surface area contributed by atoms with Crippen molar-refractivity contribution in [1.29, 1.82) is 5.26 Å². The number of hydrogen-bond donors (Lipinski definition) is 1. The first-order chi connectivity index (χ1) is 16.5. The lowest BCUT2D eigenvalue weighted by molar-refractivity contribution is -0.151. The summed E-state index contributed by atoms with van der Waals surface area (Å²) in [5.41, 5.74) is 0.424. The van der Waals surface area contributed by atoms with E-state index in [1.165, 1.54) is 13.4 Å². The van der Waals surface area contributed by atoms with Gasteiger partial charge in [-0.15, -0.1) is 0 Å². The van der Waals surface area contributed by atoms with Crippen molar-refractivity contribution < 1.29 is 18.7 Å². The second kappa shape index (κ2) is 8.40. The van der Waals surface area contributed by atoms with Crippen molar-refractivity contribution in [2.24, 2.45) is 5.41 Å². The number of amides is 1. The number of carbonyl (C=O) groups excluding carboxylic acids is 2. The number of rotatable bonds is 4. The van der Waals surface area contributed by atoms with E-state index in [1.54, 1.807) is 47.5 Å². The number of esters is 1. The Morgan fingerprint density at radius 2 is 1.91 bits per heavy atom. The SMILES string of the molecule is COC(=O)[C@]1(C#N)[C@@H]2c3ccccc3C=CN2[C@@H](C(=O)Nc2ccc(Cl)cc2)[C@@H]1c1ccco1. The van der Waals surface area contributed by atoms with Crippen molar-refractivity contribution in [2.75, 3.05) is 12.4 Å². The van der Waals surface area contributed by atoms with Gasteiger partial charge in [0.05, 0.1) is 31.4 Å². The lowest BCUT2D eigenvalue weighted by Crippen LogP contribution is -2.42. The molecule has 2 aliphatic rings. The molecule has 1 fully saturated rings. The first-order valence-electron chi connectivity index (χ1n) is 10.7. The van der Waals surface area contributed by atoms with Gasteiger partial charge >= 0.3 is 5.97 Å². The van der Waals surface area contributed by atoms with Crippen LogP contribution in [0.5, 0.6) is 0 Å². The molecule has 5 rings (SSSR count). The number of furan rings is 1. The molecule has 0 bridgehead atoms. The number of hydrogen-bond acceptors (Lipinski definition) is 6. The number of nitriles is 1. The van der Waals surface area contributed by atoms with E-state index in [-0.39, 0.29) is 0 Å². The molecule has 2 aliphatic heterocycles. The maximum Gasteiger partial charge on any atom is 0.329 e. The lowest BCUT2D eigenvalue weighted by atomic mass is 9.68. The summed E-state index contributed by atoms with van der Waals surface area (Å²) in [5, 5.41) is 14.0. The maximum absolute atomic E-state index is 13.8. The van der Waals surface area contributed by atoms with Gasteiger partial charge in [-0.2, -0.15) is 5.26 Å². The van der Waals surface area contributed by atoms with Crippen LogP contribution >= 0.6 is 11.6 Å². The smallest absolute Gasteiger partial charge is 0.329 e. The summed E-state index contributed by atoms with van der Waals surface area (Å²) in [4.78, 5) is 28.9. The average Bonchev–Trinajstić information content (AvgIpc) is 3.49. The van der Waals surface area contributed by atoms with E-state index < -0.39 is 35.3 Å². The first-order valence-corrected chi connectivity index (χ1v) is 11.0. The zero-order valence-corrected chi connectivity index (χ0v) is 18.9. The number of anilines is 1. The quantitative estimate of drug-likeness (QED) is 0.549. The number of ether oxygens (including phenoxy) is 1. The van der Waals surface area contributed by atoms with Gasteiger partial charge in [-0.1, -0.05) is 35.9 Å². The molecule has 1 N–H and O–H groups in total. The molecule has 1 amide bonds. The molecular formula is C26H20ClN3O4. The molecule has 1 aromatic heterocycles. The Morgan fingerprint density at radius 1 is 1.15 bits per heavy atom. The number of fused-ring (bicyclic) bond motifs is 3. The number of nitrogens with one attached hydrogen (secondary N) is 1. The van der Waals surface area contributed by atoms with Crippen LogP contribution in [0.15, 0.2) is 77.5 Å². The third-order valence-electron chi connectivity index (χ3n) is 6.51. The summed E-state index contributed by atoms with van der Waals surface area (Å²) >= 11 is 5.98. The van der Waals surface area contributed by atoms with E-state index in [1.807, 2.05) is 30.3 Å². The zero-order chi connectivity index (χ0) is 23.9. The van der Waals surface area contributed by atoms with Gasteiger partial charge in [0.1, 0.15) is 11.8 Å². The zero-order valence-electron chi connectivity index (χ0n) is 18.1. The molecule has 0 aliphatic carbocycles. The summed E-state index contributed by atoms with van der Waals surface area (Å²) in [6.45, 7) is 0. The van der Waals surface area contributed by atoms with Gasteiger partial charge in [0, 0.05) is 16.9 Å². The second-order valence-corrected chi connectivity index (χ2v) is 8.64. The molecule has 0 saturated carbocycles. The van der Waals surface area contributed by atoms with Crippen LogP contribution in [-0.2, 0) is 14.3 Å². The lowest BCUT2D eigenvalue weighted by Gasteiger charge is -2.35. The molecule has 3 heterocycles. The Labute approximate surface area is 201 Å².